The number of nitrogens with zero attached hydrogens (tertiary/aromatic N) is 1. The quantitative estimate of drug-likeness (QED) is 0.704. The van der Waals surface area contributed by atoms with Crippen molar-refractivity contribution in [1.29, 1.82) is 0 Å². The monoisotopic (exact) mass is 358 g/mol. The van der Waals surface area contributed by atoms with Crippen molar-refractivity contribution in [3.63, 3.8) is 0 Å². The molecule has 0 spiro atoms. The Balaban J connectivity index is 1.75. The zero-order chi connectivity index (χ0) is 19.2. The van der Waals surface area contributed by atoms with Crippen LogP contribution in [0.15, 0.2) is 78.9 Å². The number of hydrogen-bond acceptors (Lipinski definition) is 2. The molecule has 3 aromatic rings. The lowest BCUT2D eigenvalue weighted by atomic mass is 10.1. The number of aryl methyl sites for hydroxylation is 1. The first-order chi connectivity index (χ1) is 13.1. The van der Waals surface area contributed by atoms with Gasteiger partial charge < -0.3 is 10.2 Å². The lowest BCUT2D eigenvalue weighted by molar-refractivity contribution is 0.0985. The maximum Gasteiger partial charge on any atom is 0.258 e. The van der Waals surface area contributed by atoms with Gasteiger partial charge in [-0.3, -0.25) is 9.59 Å². The summed E-state index contributed by atoms with van der Waals surface area (Å²) in [6.07, 6.45) is 0. The summed E-state index contributed by atoms with van der Waals surface area (Å²) in [5.41, 5.74) is 3.69. The fourth-order valence-electron chi connectivity index (χ4n) is 2.88. The van der Waals surface area contributed by atoms with Gasteiger partial charge in [-0.05, 0) is 61.9 Å². The Morgan fingerprint density at radius 3 is 2.04 bits per heavy atom. The van der Waals surface area contributed by atoms with E-state index in [1.165, 1.54) is 0 Å². The molecule has 0 bridgehead atoms. The summed E-state index contributed by atoms with van der Waals surface area (Å²) >= 11 is 0. The molecule has 2 amide bonds. The van der Waals surface area contributed by atoms with E-state index in [4.69, 9.17) is 0 Å². The summed E-state index contributed by atoms with van der Waals surface area (Å²) in [6.45, 7) is 4.45. The molecule has 0 radical (unpaired) electrons. The number of anilines is 2. The van der Waals surface area contributed by atoms with Gasteiger partial charge in [-0.2, -0.15) is 0 Å². The Kier molecular flexibility index (Phi) is 5.67. The number of para-hydroxylation sites is 2. The molecule has 0 aliphatic heterocycles. The first-order valence-electron chi connectivity index (χ1n) is 8.94. The van der Waals surface area contributed by atoms with E-state index in [9.17, 15) is 9.59 Å². The molecule has 0 aliphatic carbocycles. The molecule has 0 saturated heterocycles. The van der Waals surface area contributed by atoms with Crippen LogP contribution in [-0.4, -0.2) is 18.4 Å². The first-order valence-corrected chi connectivity index (χ1v) is 8.94. The minimum atomic E-state index is -0.196. The van der Waals surface area contributed by atoms with Crippen molar-refractivity contribution in [2.24, 2.45) is 0 Å². The highest BCUT2D eigenvalue weighted by Crippen LogP contribution is 2.18. The molecule has 4 heteroatoms. The van der Waals surface area contributed by atoms with E-state index in [-0.39, 0.29) is 11.8 Å². The Labute approximate surface area is 159 Å². The molecule has 0 aliphatic rings. The van der Waals surface area contributed by atoms with Crippen LogP contribution in [0.25, 0.3) is 0 Å². The molecule has 136 valence electrons. The minimum Gasteiger partial charge on any atom is -0.322 e. The number of carbonyl (C=O) groups is 2. The number of hydrogen-bond donors (Lipinski definition) is 1. The maximum absolute atomic E-state index is 12.8. The second-order valence-electron chi connectivity index (χ2n) is 6.23. The number of carbonyl (C=O) groups excluding carboxylic acids is 2. The van der Waals surface area contributed by atoms with Crippen molar-refractivity contribution >= 4 is 23.2 Å². The molecule has 0 heterocycles. The molecule has 0 unspecified atom stereocenters. The average Bonchev–Trinajstić information content (AvgIpc) is 2.71. The van der Waals surface area contributed by atoms with Gasteiger partial charge in [0.2, 0.25) is 0 Å². The van der Waals surface area contributed by atoms with E-state index in [1.807, 2.05) is 68.4 Å². The van der Waals surface area contributed by atoms with Gasteiger partial charge in [0, 0.05) is 29.0 Å². The van der Waals surface area contributed by atoms with Crippen molar-refractivity contribution < 1.29 is 9.59 Å². The van der Waals surface area contributed by atoms with Crippen LogP contribution in [0.4, 0.5) is 11.4 Å². The Bertz CT molecular complexity index is 934. The van der Waals surface area contributed by atoms with E-state index in [0.29, 0.717) is 17.7 Å². The molecular formula is C23H22N2O2. The summed E-state index contributed by atoms with van der Waals surface area (Å²) in [5.74, 6) is -0.284. The van der Waals surface area contributed by atoms with Crippen LogP contribution >= 0.6 is 0 Å². The average molecular weight is 358 g/mol. The van der Waals surface area contributed by atoms with Crippen LogP contribution in [0.5, 0.6) is 0 Å². The molecule has 1 N–H and O–H groups in total. The van der Waals surface area contributed by atoms with E-state index in [2.05, 4.69) is 5.32 Å². The van der Waals surface area contributed by atoms with Crippen LogP contribution < -0.4 is 10.2 Å². The Morgan fingerprint density at radius 1 is 0.815 bits per heavy atom. The van der Waals surface area contributed by atoms with Crippen molar-refractivity contribution in [3.05, 3.63) is 95.6 Å². The number of benzene rings is 3. The molecular weight excluding hydrogens is 336 g/mol. The van der Waals surface area contributed by atoms with Gasteiger partial charge in [0.25, 0.3) is 11.8 Å². The van der Waals surface area contributed by atoms with Crippen LogP contribution in [0.3, 0.4) is 0 Å². The summed E-state index contributed by atoms with van der Waals surface area (Å²) < 4.78 is 0. The number of amides is 2. The lowest BCUT2D eigenvalue weighted by Gasteiger charge is -2.21. The van der Waals surface area contributed by atoms with Gasteiger partial charge in [0.1, 0.15) is 0 Å². The van der Waals surface area contributed by atoms with Gasteiger partial charge in [-0.25, -0.2) is 0 Å². The largest absolute Gasteiger partial charge is 0.322 e. The van der Waals surface area contributed by atoms with Crippen LogP contribution in [0.2, 0.25) is 0 Å². The van der Waals surface area contributed by atoms with E-state index in [0.717, 1.165) is 16.9 Å². The smallest absolute Gasteiger partial charge is 0.258 e. The second kappa shape index (κ2) is 8.32. The third-order valence-electron chi connectivity index (χ3n) is 4.42. The summed E-state index contributed by atoms with van der Waals surface area (Å²) in [4.78, 5) is 27.0. The molecule has 27 heavy (non-hydrogen) atoms. The van der Waals surface area contributed by atoms with Crippen molar-refractivity contribution in [2.45, 2.75) is 13.8 Å². The molecule has 3 aromatic carbocycles. The number of rotatable bonds is 5. The van der Waals surface area contributed by atoms with E-state index < -0.39 is 0 Å². The Hall–Kier alpha value is -3.40. The Morgan fingerprint density at radius 2 is 1.41 bits per heavy atom. The molecule has 4 nitrogen and oxygen atoms in total. The predicted octanol–water partition coefficient (Wildman–Crippen LogP) is 4.91. The van der Waals surface area contributed by atoms with E-state index >= 15 is 0 Å². The number of nitrogens with one attached hydrogen (secondary N) is 1. The first kappa shape index (κ1) is 18.4. The van der Waals surface area contributed by atoms with Crippen molar-refractivity contribution in [3.8, 4) is 0 Å². The fraction of sp³-hybridized carbons (Fsp3) is 0.130. The van der Waals surface area contributed by atoms with Crippen molar-refractivity contribution in [2.75, 3.05) is 16.8 Å². The third kappa shape index (κ3) is 4.23. The lowest BCUT2D eigenvalue weighted by Crippen LogP contribution is -2.30. The normalized spacial score (nSPS) is 10.3. The van der Waals surface area contributed by atoms with E-state index in [1.54, 1.807) is 29.2 Å². The highest BCUT2D eigenvalue weighted by Gasteiger charge is 2.16. The second-order valence-corrected chi connectivity index (χ2v) is 6.23. The van der Waals surface area contributed by atoms with Gasteiger partial charge in [0.05, 0.1) is 0 Å². The highest BCUT2D eigenvalue weighted by atomic mass is 16.2. The van der Waals surface area contributed by atoms with Gasteiger partial charge in [-0.15, -0.1) is 0 Å². The summed E-state index contributed by atoms with van der Waals surface area (Å²) in [7, 11) is 0. The zero-order valence-electron chi connectivity index (χ0n) is 15.5. The summed E-state index contributed by atoms with van der Waals surface area (Å²) in [6, 6.07) is 23.9. The van der Waals surface area contributed by atoms with Crippen LogP contribution in [0.1, 0.15) is 33.2 Å². The molecule has 0 saturated carbocycles. The van der Waals surface area contributed by atoms with Crippen LogP contribution in [0, 0.1) is 6.92 Å². The van der Waals surface area contributed by atoms with Gasteiger partial charge in [-0.1, -0.05) is 36.4 Å². The standard InChI is InChI=1S/C23H22N2O2/c1-3-25(20-10-5-4-6-11-20)23(27)19-15-13-18(14-16-19)22(26)24-21-12-8-7-9-17(21)2/h4-16H,3H2,1-2H3,(H,24,26). The molecule has 0 aromatic heterocycles. The summed E-state index contributed by atoms with van der Waals surface area (Å²) in [5, 5.41) is 2.90. The molecule has 0 fully saturated rings. The predicted molar refractivity (Wildman–Crippen MR) is 109 cm³/mol. The minimum absolute atomic E-state index is 0.0884. The highest BCUT2D eigenvalue weighted by molar-refractivity contribution is 6.08. The van der Waals surface area contributed by atoms with Gasteiger partial charge in [0.15, 0.2) is 0 Å². The van der Waals surface area contributed by atoms with Crippen LogP contribution in [-0.2, 0) is 0 Å². The van der Waals surface area contributed by atoms with Crippen molar-refractivity contribution in [1.82, 2.24) is 0 Å². The third-order valence-corrected chi connectivity index (χ3v) is 4.42. The maximum atomic E-state index is 12.8. The SMILES string of the molecule is CCN(C(=O)c1ccc(C(=O)Nc2ccccc2C)cc1)c1ccccc1. The fourth-order valence-corrected chi connectivity index (χ4v) is 2.88. The molecule has 3 rings (SSSR count). The molecule has 0 atom stereocenters. The zero-order valence-corrected chi connectivity index (χ0v) is 15.5. The topological polar surface area (TPSA) is 49.4 Å². The van der Waals surface area contributed by atoms with Gasteiger partial charge >= 0.3 is 0 Å².